The first kappa shape index (κ1) is 22.6. The number of carbonyl (C=O) groups is 1. The van der Waals surface area contributed by atoms with Gasteiger partial charge in [0.15, 0.2) is 0 Å². The molecule has 0 spiro atoms. The maximum Gasteiger partial charge on any atom is 0.342 e. The molecule has 5 nitrogen and oxygen atoms in total. The lowest BCUT2D eigenvalue weighted by molar-refractivity contribution is 0.0473. The number of carbonyl (C=O) groups excluding carboxylic acids is 1. The molecule has 1 saturated heterocycles. The normalized spacial score (nSPS) is 15.0. The Morgan fingerprint density at radius 2 is 2.03 bits per heavy atom. The molecule has 34 heavy (non-hydrogen) atoms. The SMILES string of the molecule is COc1ccc(CN2CCC(c3c[nH]c4cc(F)ccc34)CC2)cc1C(=O)OCc1cccs1. The summed E-state index contributed by atoms with van der Waals surface area (Å²) in [4.78, 5) is 19.4. The van der Waals surface area contributed by atoms with Crippen LogP contribution in [-0.2, 0) is 17.9 Å². The van der Waals surface area contributed by atoms with Gasteiger partial charge in [-0.15, -0.1) is 11.3 Å². The third-order valence-electron chi connectivity index (χ3n) is 6.52. The molecule has 0 saturated carbocycles. The number of thiophene rings is 1. The summed E-state index contributed by atoms with van der Waals surface area (Å²) in [5.41, 5.74) is 3.64. The molecule has 5 rings (SSSR count). The number of nitrogens with zero attached hydrogens (tertiary/aromatic N) is 1. The summed E-state index contributed by atoms with van der Waals surface area (Å²) in [7, 11) is 1.56. The van der Waals surface area contributed by atoms with Crippen molar-refractivity contribution < 1.29 is 18.7 Å². The molecule has 0 amide bonds. The molecule has 0 aliphatic carbocycles. The molecule has 1 fully saturated rings. The topological polar surface area (TPSA) is 54.6 Å². The van der Waals surface area contributed by atoms with Crippen LogP contribution < -0.4 is 4.74 Å². The lowest BCUT2D eigenvalue weighted by Gasteiger charge is -2.32. The first-order valence-corrected chi connectivity index (χ1v) is 12.3. The molecule has 2 aromatic heterocycles. The second-order valence-electron chi connectivity index (χ2n) is 8.67. The lowest BCUT2D eigenvalue weighted by Crippen LogP contribution is -2.32. The maximum atomic E-state index is 13.5. The summed E-state index contributed by atoms with van der Waals surface area (Å²) in [6, 6.07) is 14.6. The minimum atomic E-state index is -0.374. The molecule has 0 radical (unpaired) electrons. The van der Waals surface area contributed by atoms with Gasteiger partial charge in [0.1, 0.15) is 23.7 Å². The van der Waals surface area contributed by atoms with E-state index in [2.05, 4.69) is 9.88 Å². The smallest absolute Gasteiger partial charge is 0.342 e. The number of halogens is 1. The standard InChI is InChI=1S/C27H27FN2O3S/c1-32-26-7-4-18(13-23(26)27(31)33-17-21-3-2-12-34-21)16-30-10-8-19(9-11-30)24-15-29-25-14-20(28)5-6-22(24)25/h2-7,12-15,19,29H,8-11,16-17H2,1H3. The molecule has 2 aromatic carbocycles. The van der Waals surface area contributed by atoms with E-state index in [4.69, 9.17) is 9.47 Å². The van der Waals surface area contributed by atoms with E-state index in [0.717, 1.165) is 53.8 Å². The fourth-order valence-corrected chi connectivity index (χ4v) is 5.36. The summed E-state index contributed by atoms with van der Waals surface area (Å²) in [6.45, 7) is 2.95. The number of aromatic amines is 1. The second kappa shape index (κ2) is 9.99. The van der Waals surface area contributed by atoms with E-state index >= 15 is 0 Å². The summed E-state index contributed by atoms with van der Waals surface area (Å²) in [5, 5.41) is 3.08. The Morgan fingerprint density at radius 1 is 1.18 bits per heavy atom. The van der Waals surface area contributed by atoms with Gasteiger partial charge in [0.25, 0.3) is 0 Å². The Hall–Kier alpha value is -3.16. The largest absolute Gasteiger partial charge is 0.496 e. The van der Waals surface area contributed by atoms with Crippen molar-refractivity contribution in [2.75, 3.05) is 20.2 Å². The average molecular weight is 479 g/mol. The number of piperidine rings is 1. The zero-order valence-electron chi connectivity index (χ0n) is 19.1. The summed E-state index contributed by atoms with van der Waals surface area (Å²) >= 11 is 1.56. The van der Waals surface area contributed by atoms with Crippen LogP contribution in [0.3, 0.4) is 0 Å². The van der Waals surface area contributed by atoms with E-state index in [-0.39, 0.29) is 18.4 Å². The molecule has 1 N–H and O–H groups in total. The Labute approximate surface area is 202 Å². The summed E-state index contributed by atoms with van der Waals surface area (Å²) in [6.07, 6.45) is 4.11. The average Bonchev–Trinajstić information content (AvgIpc) is 3.53. The minimum absolute atomic E-state index is 0.218. The fourth-order valence-electron chi connectivity index (χ4n) is 4.74. The highest BCUT2D eigenvalue weighted by atomic mass is 32.1. The van der Waals surface area contributed by atoms with Crippen LogP contribution in [-0.4, -0.2) is 36.1 Å². The van der Waals surface area contributed by atoms with Crippen molar-refractivity contribution >= 4 is 28.2 Å². The zero-order chi connectivity index (χ0) is 23.5. The van der Waals surface area contributed by atoms with Crippen molar-refractivity contribution in [2.45, 2.75) is 31.9 Å². The number of nitrogens with one attached hydrogen (secondary N) is 1. The van der Waals surface area contributed by atoms with Gasteiger partial charge in [0, 0.05) is 28.5 Å². The summed E-state index contributed by atoms with van der Waals surface area (Å²) < 4.78 is 24.4. The number of rotatable bonds is 7. The van der Waals surface area contributed by atoms with Crippen LogP contribution in [0, 0.1) is 5.82 Å². The predicted octanol–water partition coefficient (Wildman–Crippen LogP) is 6.11. The molecule has 0 unspecified atom stereocenters. The highest BCUT2D eigenvalue weighted by Crippen LogP contribution is 2.34. The van der Waals surface area contributed by atoms with Crippen LogP contribution in [0.15, 0.2) is 60.1 Å². The van der Waals surface area contributed by atoms with Crippen molar-refractivity contribution in [1.29, 1.82) is 0 Å². The molecule has 0 bridgehead atoms. The first-order valence-electron chi connectivity index (χ1n) is 11.5. The maximum absolute atomic E-state index is 13.5. The van der Waals surface area contributed by atoms with Gasteiger partial charge in [-0.3, -0.25) is 4.90 Å². The van der Waals surface area contributed by atoms with Crippen molar-refractivity contribution in [2.24, 2.45) is 0 Å². The van der Waals surface area contributed by atoms with Crippen LogP contribution in [0.4, 0.5) is 4.39 Å². The van der Waals surface area contributed by atoms with Crippen molar-refractivity contribution in [3.05, 3.63) is 87.5 Å². The number of H-pyrrole nitrogens is 1. The Balaban J connectivity index is 1.22. The lowest BCUT2D eigenvalue weighted by atomic mass is 9.89. The molecule has 176 valence electrons. The van der Waals surface area contributed by atoms with Crippen molar-refractivity contribution in [3.63, 3.8) is 0 Å². The summed E-state index contributed by atoms with van der Waals surface area (Å²) in [5.74, 6) is 0.384. The quantitative estimate of drug-likeness (QED) is 0.326. The first-order chi connectivity index (χ1) is 16.6. The second-order valence-corrected chi connectivity index (χ2v) is 9.71. The molecular weight excluding hydrogens is 451 g/mol. The third kappa shape index (κ3) is 4.86. The number of methoxy groups -OCH3 is 1. The molecule has 1 aliphatic heterocycles. The number of hydrogen-bond donors (Lipinski definition) is 1. The third-order valence-corrected chi connectivity index (χ3v) is 7.37. The Morgan fingerprint density at radius 3 is 2.79 bits per heavy atom. The predicted molar refractivity (Wildman–Crippen MR) is 132 cm³/mol. The van der Waals surface area contributed by atoms with E-state index in [9.17, 15) is 9.18 Å². The number of ether oxygens (including phenoxy) is 2. The van der Waals surface area contributed by atoms with Gasteiger partial charge in [-0.2, -0.15) is 0 Å². The van der Waals surface area contributed by atoms with Crippen LogP contribution in [0.2, 0.25) is 0 Å². The molecule has 0 atom stereocenters. The van der Waals surface area contributed by atoms with Gasteiger partial charge in [-0.25, -0.2) is 9.18 Å². The zero-order valence-corrected chi connectivity index (χ0v) is 19.9. The van der Waals surface area contributed by atoms with Crippen molar-refractivity contribution in [1.82, 2.24) is 9.88 Å². The molecule has 1 aliphatic rings. The van der Waals surface area contributed by atoms with E-state index in [1.54, 1.807) is 24.5 Å². The van der Waals surface area contributed by atoms with Gasteiger partial charge in [-0.05, 0) is 84.8 Å². The Bertz CT molecular complexity index is 1280. The number of hydrogen-bond acceptors (Lipinski definition) is 5. The van der Waals surface area contributed by atoms with Crippen molar-refractivity contribution in [3.8, 4) is 5.75 Å². The van der Waals surface area contributed by atoms with E-state index in [1.165, 1.54) is 11.6 Å². The van der Waals surface area contributed by atoms with Gasteiger partial charge in [-0.1, -0.05) is 12.1 Å². The van der Waals surface area contributed by atoms with Gasteiger partial charge in [0.05, 0.1) is 7.11 Å². The number of esters is 1. The molecule has 3 heterocycles. The minimum Gasteiger partial charge on any atom is -0.496 e. The van der Waals surface area contributed by atoms with Gasteiger partial charge >= 0.3 is 5.97 Å². The molecular formula is C27H27FN2O3S. The number of aromatic nitrogens is 1. The van der Waals surface area contributed by atoms with E-state index in [0.29, 0.717) is 17.2 Å². The fraction of sp³-hybridized carbons (Fsp3) is 0.296. The molecule has 4 aromatic rings. The number of fused-ring (bicyclic) bond motifs is 1. The molecule has 7 heteroatoms. The van der Waals surface area contributed by atoms with E-state index in [1.807, 2.05) is 48.0 Å². The van der Waals surface area contributed by atoms with E-state index < -0.39 is 0 Å². The van der Waals surface area contributed by atoms with Crippen LogP contribution in [0.25, 0.3) is 10.9 Å². The Kier molecular flexibility index (Phi) is 6.65. The monoisotopic (exact) mass is 478 g/mol. The number of likely N-dealkylation sites (tertiary alicyclic amines) is 1. The highest BCUT2D eigenvalue weighted by Gasteiger charge is 2.24. The highest BCUT2D eigenvalue weighted by molar-refractivity contribution is 7.09. The van der Waals surface area contributed by atoms with Gasteiger partial charge in [0.2, 0.25) is 0 Å². The van der Waals surface area contributed by atoms with Crippen LogP contribution >= 0.6 is 11.3 Å². The van der Waals surface area contributed by atoms with Crippen LogP contribution in [0.5, 0.6) is 5.75 Å². The van der Waals surface area contributed by atoms with Gasteiger partial charge < -0.3 is 14.5 Å². The van der Waals surface area contributed by atoms with Crippen LogP contribution in [0.1, 0.15) is 45.1 Å². The number of benzene rings is 2.